The van der Waals surface area contributed by atoms with Gasteiger partial charge in [-0.3, -0.25) is 0 Å². The van der Waals surface area contributed by atoms with Crippen molar-refractivity contribution in [2.24, 2.45) is 0 Å². The fraction of sp³-hybridized carbons (Fsp3) is 0.250. The van der Waals surface area contributed by atoms with Crippen LogP contribution in [-0.2, 0) is 0 Å². The zero-order valence-electron chi connectivity index (χ0n) is 6.27. The fourth-order valence-electron chi connectivity index (χ4n) is 0.596. The molecule has 0 saturated carbocycles. The van der Waals surface area contributed by atoms with Gasteiger partial charge in [-0.05, 0) is 23.3 Å². The summed E-state index contributed by atoms with van der Waals surface area (Å²) >= 11 is 0. The molecule has 0 unspecified atom stereocenters. The summed E-state index contributed by atoms with van der Waals surface area (Å²) in [5, 5.41) is 0. The van der Waals surface area contributed by atoms with Crippen LogP contribution >= 0.6 is 0 Å². The molecule has 0 heterocycles. The van der Waals surface area contributed by atoms with E-state index < -0.39 is 23.5 Å². The van der Waals surface area contributed by atoms with E-state index in [0.717, 1.165) is 0 Å². The van der Waals surface area contributed by atoms with Gasteiger partial charge in [0.15, 0.2) is 11.1 Å². The summed E-state index contributed by atoms with van der Waals surface area (Å²) in [6, 6.07) is 0. The van der Waals surface area contributed by atoms with E-state index in [9.17, 15) is 26.3 Å². The summed E-state index contributed by atoms with van der Waals surface area (Å²) in [6.45, 7) is 0. The van der Waals surface area contributed by atoms with Gasteiger partial charge in [-0.1, -0.05) is 0 Å². The summed E-state index contributed by atoms with van der Waals surface area (Å²) in [5.41, 5.74) is -0.253. The standard InChI is InChI=1S/C8F6/c9-7(10,11)5-1-2-6(4-3-5)8(12,13)14. The van der Waals surface area contributed by atoms with Gasteiger partial charge in [-0.15, -0.1) is 0 Å². The molecular weight excluding hydrogens is 210 g/mol. The Hall–Kier alpha value is -1.56. The van der Waals surface area contributed by atoms with Crippen LogP contribution in [0.4, 0.5) is 26.3 Å². The Balaban J connectivity index is 3.22. The molecule has 6 heteroatoms. The van der Waals surface area contributed by atoms with Crippen molar-refractivity contribution in [3.63, 3.8) is 0 Å². The Morgan fingerprint density at radius 1 is 0.643 bits per heavy atom. The van der Waals surface area contributed by atoms with Crippen molar-refractivity contribution in [3.05, 3.63) is 22.6 Å². The van der Waals surface area contributed by atoms with Gasteiger partial charge in [0, 0.05) is 0 Å². The largest absolute Gasteiger partial charge is 0.432 e. The highest BCUT2D eigenvalue weighted by atomic mass is 19.4. The first-order valence-electron chi connectivity index (χ1n) is 3.13. The molecule has 0 nitrogen and oxygen atoms in total. The second kappa shape index (κ2) is 2.98. The van der Waals surface area contributed by atoms with Crippen LogP contribution in [0, 0.1) is 11.8 Å². The first-order valence-corrected chi connectivity index (χ1v) is 3.13. The molecule has 74 valence electrons. The maximum atomic E-state index is 11.8. The highest BCUT2D eigenvalue weighted by Crippen LogP contribution is 2.28. The summed E-state index contributed by atoms with van der Waals surface area (Å²) in [5.74, 6) is 2.65. The first kappa shape index (κ1) is 10.5. The zero-order valence-corrected chi connectivity index (χ0v) is 6.27. The molecule has 0 aromatic carbocycles. The van der Waals surface area contributed by atoms with Gasteiger partial charge >= 0.3 is 12.4 Å². The van der Waals surface area contributed by atoms with E-state index in [1.165, 1.54) is 23.3 Å². The zero-order chi connectivity index (χ0) is 11.0. The summed E-state index contributed by atoms with van der Waals surface area (Å²) < 4.78 is 71.0. The average Bonchev–Trinajstić information content (AvgIpc) is 2.01. The van der Waals surface area contributed by atoms with Crippen molar-refractivity contribution < 1.29 is 26.3 Å². The van der Waals surface area contributed by atoms with E-state index in [4.69, 9.17) is 0 Å². The van der Waals surface area contributed by atoms with Gasteiger partial charge < -0.3 is 0 Å². The summed E-state index contributed by atoms with van der Waals surface area (Å²) in [6.07, 6.45) is -9.56. The van der Waals surface area contributed by atoms with Crippen molar-refractivity contribution >= 4 is 0 Å². The molecule has 0 aromatic heterocycles. The lowest BCUT2D eigenvalue weighted by atomic mass is 10.1. The van der Waals surface area contributed by atoms with E-state index in [2.05, 4.69) is 0 Å². The molecule has 0 bridgehead atoms. The molecule has 14 heavy (non-hydrogen) atoms. The summed E-state index contributed by atoms with van der Waals surface area (Å²) in [7, 11) is 0. The predicted molar refractivity (Wildman–Crippen MR) is 33.9 cm³/mol. The Morgan fingerprint density at radius 3 is 1.07 bits per heavy atom. The molecule has 0 aliphatic heterocycles. The second-order valence-electron chi connectivity index (χ2n) is 2.25. The van der Waals surface area contributed by atoms with Gasteiger partial charge in [0.2, 0.25) is 0 Å². The number of alkyl halides is 6. The quantitative estimate of drug-likeness (QED) is 0.327. The number of hydrogen-bond donors (Lipinski definition) is 0. The van der Waals surface area contributed by atoms with E-state index >= 15 is 0 Å². The van der Waals surface area contributed by atoms with Crippen molar-refractivity contribution in [1.82, 2.24) is 0 Å². The molecule has 0 N–H and O–H groups in total. The third kappa shape index (κ3) is 2.23. The monoisotopic (exact) mass is 210 g/mol. The van der Waals surface area contributed by atoms with Crippen molar-refractivity contribution in [1.29, 1.82) is 0 Å². The van der Waals surface area contributed by atoms with Gasteiger partial charge in [0.25, 0.3) is 0 Å². The van der Waals surface area contributed by atoms with Gasteiger partial charge in [0.1, 0.15) is 0 Å². The SMILES string of the molecule is FC(F)(F)C1=C=C=C(C(F)(F)F)C#C1. The minimum absolute atomic E-state index is 1.33. The fourth-order valence-corrected chi connectivity index (χ4v) is 0.596. The van der Waals surface area contributed by atoms with Crippen molar-refractivity contribution in [2.75, 3.05) is 0 Å². The Bertz CT molecular complexity index is 371. The third-order valence-corrected chi connectivity index (χ3v) is 1.19. The highest BCUT2D eigenvalue weighted by Gasteiger charge is 2.37. The Labute approximate surface area is 74.2 Å². The number of halogens is 6. The lowest BCUT2D eigenvalue weighted by Crippen LogP contribution is -2.13. The van der Waals surface area contributed by atoms with Crippen LogP contribution in [0.15, 0.2) is 22.6 Å². The maximum Gasteiger partial charge on any atom is 0.432 e. The van der Waals surface area contributed by atoms with Crippen LogP contribution in [-0.4, -0.2) is 12.4 Å². The molecule has 1 aliphatic carbocycles. The summed E-state index contributed by atoms with van der Waals surface area (Å²) in [4.78, 5) is 0. The molecule has 0 fully saturated rings. The molecule has 0 saturated heterocycles. The predicted octanol–water partition coefficient (Wildman–Crippen LogP) is 2.73. The van der Waals surface area contributed by atoms with Crippen LogP contribution in [0.3, 0.4) is 0 Å². The Kier molecular flexibility index (Phi) is 2.24. The van der Waals surface area contributed by atoms with Gasteiger partial charge in [-0.2, -0.15) is 26.3 Å². The molecule has 1 rings (SSSR count). The molecular formula is C8F6. The lowest BCUT2D eigenvalue weighted by Gasteiger charge is -2.05. The molecule has 0 spiro atoms. The minimum atomic E-state index is -4.78. The normalized spacial score (nSPS) is 15.6. The van der Waals surface area contributed by atoms with Crippen molar-refractivity contribution in [3.8, 4) is 11.8 Å². The number of allylic oxidation sites excluding steroid dienone is 2. The average molecular weight is 210 g/mol. The number of rotatable bonds is 0. The molecule has 0 amide bonds. The highest BCUT2D eigenvalue weighted by molar-refractivity contribution is 5.45. The third-order valence-electron chi connectivity index (χ3n) is 1.19. The van der Waals surface area contributed by atoms with E-state index in [1.54, 1.807) is 0 Å². The van der Waals surface area contributed by atoms with Gasteiger partial charge in [-0.25, -0.2) is 0 Å². The van der Waals surface area contributed by atoms with Crippen LogP contribution < -0.4 is 0 Å². The minimum Gasteiger partial charge on any atom is -0.165 e. The molecule has 1 aliphatic rings. The lowest BCUT2D eigenvalue weighted by molar-refractivity contribution is -0.0898. The van der Waals surface area contributed by atoms with E-state index in [0.29, 0.717) is 0 Å². The molecule has 0 aromatic rings. The van der Waals surface area contributed by atoms with Crippen LogP contribution in [0.2, 0.25) is 0 Å². The van der Waals surface area contributed by atoms with Crippen molar-refractivity contribution in [2.45, 2.75) is 12.4 Å². The smallest absolute Gasteiger partial charge is 0.165 e. The maximum absolute atomic E-state index is 11.8. The topological polar surface area (TPSA) is 0 Å². The van der Waals surface area contributed by atoms with E-state index in [1.807, 2.05) is 0 Å². The first-order chi connectivity index (χ1) is 6.21. The van der Waals surface area contributed by atoms with Crippen LogP contribution in [0.1, 0.15) is 0 Å². The van der Waals surface area contributed by atoms with E-state index in [-0.39, 0.29) is 0 Å². The van der Waals surface area contributed by atoms with Crippen LogP contribution in [0.5, 0.6) is 0 Å². The molecule has 0 radical (unpaired) electrons. The Morgan fingerprint density at radius 2 is 0.929 bits per heavy atom. The second-order valence-corrected chi connectivity index (χ2v) is 2.25. The van der Waals surface area contributed by atoms with Crippen LogP contribution in [0.25, 0.3) is 0 Å². The van der Waals surface area contributed by atoms with Gasteiger partial charge in [0.05, 0.1) is 0 Å². The number of hydrogen-bond acceptors (Lipinski definition) is 0. The molecule has 0 atom stereocenters.